The minimum atomic E-state index is -0.493. The van der Waals surface area contributed by atoms with E-state index < -0.39 is 5.91 Å². The van der Waals surface area contributed by atoms with Gasteiger partial charge in [-0.1, -0.05) is 0 Å². The third kappa shape index (κ3) is 5.25. The first-order valence-corrected chi connectivity index (χ1v) is 9.53. The van der Waals surface area contributed by atoms with Gasteiger partial charge in [0, 0.05) is 31.5 Å². The fourth-order valence-corrected chi connectivity index (χ4v) is 4.06. The van der Waals surface area contributed by atoms with Crippen LogP contribution in [0.4, 0.5) is 0 Å². The molecule has 2 saturated heterocycles. The molecule has 1 atom stereocenters. The highest BCUT2D eigenvalue weighted by molar-refractivity contribution is 5.85. The molecular weight excluding hydrogens is 330 g/mol. The number of primary amides is 1. The number of likely N-dealkylation sites (tertiary alicyclic amines) is 2. The van der Waals surface area contributed by atoms with Gasteiger partial charge in [0.2, 0.25) is 11.8 Å². The Labute approximate surface area is 154 Å². The molecule has 1 aromatic rings. The Hall–Kier alpha value is -1.99. The Balaban J connectivity index is 1.45. The van der Waals surface area contributed by atoms with Gasteiger partial charge >= 0.3 is 0 Å². The minimum absolute atomic E-state index is 0.0297. The Morgan fingerprint density at radius 2 is 1.88 bits per heavy atom. The zero-order chi connectivity index (χ0) is 18.4. The maximum atomic E-state index is 12.2. The standard InChI is InChI=1S/C19H29N5O2/c20-18(25)12-22-19(26)16-2-1-9-24(14-16)17-5-10-23(11-6-17)13-15-3-7-21-8-4-15/h3-4,7-8,16-17H,1-2,5-6,9-14H2,(H2,20,25)(H,22,26). The summed E-state index contributed by atoms with van der Waals surface area (Å²) in [5.74, 6) is -0.561. The maximum Gasteiger partial charge on any atom is 0.236 e. The molecule has 142 valence electrons. The molecule has 26 heavy (non-hydrogen) atoms. The zero-order valence-electron chi connectivity index (χ0n) is 15.3. The average Bonchev–Trinajstić information content (AvgIpc) is 2.67. The molecule has 0 bridgehead atoms. The van der Waals surface area contributed by atoms with Crippen LogP contribution in [0.1, 0.15) is 31.2 Å². The number of carbonyl (C=O) groups is 2. The average molecular weight is 359 g/mol. The highest BCUT2D eigenvalue weighted by Gasteiger charge is 2.31. The van der Waals surface area contributed by atoms with Crippen LogP contribution < -0.4 is 11.1 Å². The molecular formula is C19H29N5O2. The number of amides is 2. The van der Waals surface area contributed by atoms with Crippen LogP contribution in [-0.4, -0.2) is 65.4 Å². The molecule has 2 fully saturated rings. The van der Waals surface area contributed by atoms with E-state index in [2.05, 4.69) is 32.2 Å². The van der Waals surface area contributed by atoms with Crippen LogP contribution in [0.2, 0.25) is 0 Å². The second-order valence-corrected chi connectivity index (χ2v) is 7.38. The van der Waals surface area contributed by atoms with Crippen LogP contribution in [0.5, 0.6) is 0 Å². The van der Waals surface area contributed by atoms with Gasteiger partial charge in [-0.3, -0.25) is 24.4 Å². The van der Waals surface area contributed by atoms with Gasteiger partial charge in [0.1, 0.15) is 0 Å². The molecule has 2 amide bonds. The molecule has 3 heterocycles. The van der Waals surface area contributed by atoms with E-state index in [0.29, 0.717) is 6.04 Å². The Morgan fingerprint density at radius 1 is 1.15 bits per heavy atom. The molecule has 2 aliphatic heterocycles. The van der Waals surface area contributed by atoms with Gasteiger partial charge in [0.15, 0.2) is 0 Å². The van der Waals surface area contributed by atoms with Crippen molar-refractivity contribution in [1.82, 2.24) is 20.1 Å². The topological polar surface area (TPSA) is 91.6 Å². The first-order valence-electron chi connectivity index (χ1n) is 9.53. The fourth-order valence-electron chi connectivity index (χ4n) is 4.06. The number of piperidine rings is 2. The van der Waals surface area contributed by atoms with E-state index in [1.807, 2.05) is 12.4 Å². The predicted molar refractivity (Wildman–Crippen MR) is 99.0 cm³/mol. The number of nitrogens with one attached hydrogen (secondary N) is 1. The summed E-state index contributed by atoms with van der Waals surface area (Å²) in [6.45, 7) is 4.94. The lowest BCUT2D eigenvalue weighted by Crippen LogP contribution is -2.51. The molecule has 3 rings (SSSR count). The van der Waals surface area contributed by atoms with Crippen molar-refractivity contribution in [3.05, 3.63) is 30.1 Å². The summed E-state index contributed by atoms with van der Waals surface area (Å²) < 4.78 is 0. The summed E-state index contributed by atoms with van der Waals surface area (Å²) in [6.07, 6.45) is 7.90. The SMILES string of the molecule is NC(=O)CNC(=O)C1CCCN(C2CCN(Cc3ccncc3)CC2)C1. The lowest BCUT2D eigenvalue weighted by molar-refractivity contribution is -0.129. The highest BCUT2D eigenvalue weighted by Crippen LogP contribution is 2.24. The number of nitrogens with zero attached hydrogens (tertiary/aromatic N) is 3. The predicted octanol–water partition coefficient (Wildman–Crippen LogP) is 0.360. The molecule has 0 spiro atoms. The van der Waals surface area contributed by atoms with Crippen molar-refractivity contribution in [1.29, 1.82) is 0 Å². The van der Waals surface area contributed by atoms with Crippen LogP contribution in [0.25, 0.3) is 0 Å². The summed E-state index contributed by atoms with van der Waals surface area (Å²) in [6, 6.07) is 4.70. The van der Waals surface area contributed by atoms with Gasteiger partial charge in [-0.05, 0) is 63.0 Å². The molecule has 7 heteroatoms. The van der Waals surface area contributed by atoms with E-state index in [1.54, 1.807) is 0 Å². The lowest BCUT2D eigenvalue weighted by Gasteiger charge is -2.42. The normalized spacial score (nSPS) is 22.8. The van der Waals surface area contributed by atoms with E-state index >= 15 is 0 Å². The van der Waals surface area contributed by atoms with E-state index in [4.69, 9.17) is 5.73 Å². The first kappa shape index (κ1) is 18.8. The van der Waals surface area contributed by atoms with Crippen LogP contribution in [0.3, 0.4) is 0 Å². The van der Waals surface area contributed by atoms with Gasteiger partial charge in [-0.15, -0.1) is 0 Å². The van der Waals surface area contributed by atoms with Crippen molar-refractivity contribution in [2.45, 2.75) is 38.3 Å². The minimum Gasteiger partial charge on any atom is -0.368 e. The molecule has 0 aromatic carbocycles. The molecule has 1 unspecified atom stereocenters. The lowest BCUT2D eigenvalue weighted by atomic mass is 9.93. The molecule has 2 aliphatic rings. The summed E-state index contributed by atoms with van der Waals surface area (Å²) in [7, 11) is 0. The summed E-state index contributed by atoms with van der Waals surface area (Å²) in [4.78, 5) is 32.1. The smallest absolute Gasteiger partial charge is 0.236 e. The Bertz CT molecular complexity index is 601. The molecule has 1 aromatic heterocycles. The number of rotatable bonds is 6. The summed E-state index contributed by atoms with van der Waals surface area (Å²) >= 11 is 0. The fraction of sp³-hybridized carbons (Fsp3) is 0.632. The third-order valence-corrected chi connectivity index (χ3v) is 5.49. The third-order valence-electron chi connectivity index (χ3n) is 5.49. The van der Waals surface area contributed by atoms with Gasteiger partial charge in [0.25, 0.3) is 0 Å². The van der Waals surface area contributed by atoms with Crippen LogP contribution in [-0.2, 0) is 16.1 Å². The first-order chi connectivity index (χ1) is 12.6. The van der Waals surface area contributed by atoms with Crippen LogP contribution in [0, 0.1) is 5.92 Å². The largest absolute Gasteiger partial charge is 0.368 e. The van der Waals surface area contributed by atoms with Gasteiger partial charge < -0.3 is 11.1 Å². The van der Waals surface area contributed by atoms with Gasteiger partial charge in [0.05, 0.1) is 12.5 Å². The number of carbonyl (C=O) groups excluding carboxylic acids is 2. The zero-order valence-corrected chi connectivity index (χ0v) is 15.3. The molecule has 0 saturated carbocycles. The monoisotopic (exact) mass is 359 g/mol. The summed E-state index contributed by atoms with van der Waals surface area (Å²) in [5.41, 5.74) is 6.42. The second kappa shape index (κ2) is 9.09. The summed E-state index contributed by atoms with van der Waals surface area (Å²) in [5, 5.41) is 2.66. The van der Waals surface area contributed by atoms with E-state index in [0.717, 1.165) is 58.4 Å². The van der Waals surface area contributed by atoms with E-state index in [-0.39, 0.29) is 18.4 Å². The quantitative estimate of drug-likeness (QED) is 0.765. The van der Waals surface area contributed by atoms with Gasteiger partial charge in [-0.25, -0.2) is 0 Å². The van der Waals surface area contributed by atoms with Crippen molar-refractivity contribution < 1.29 is 9.59 Å². The molecule has 7 nitrogen and oxygen atoms in total. The van der Waals surface area contributed by atoms with E-state index in [1.165, 1.54) is 5.56 Å². The number of aromatic nitrogens is 1. The molecule has 0 aliphatic carbocycles. The number of hydrogen-bond donors (Lipinski definition) is 2. The van der Waals surface area contributed by atoms with Crippen molar-refractivity contribution in [3.63, 3.8) is 0 Å². The number of hydrogen-bond acceptors (Lipinski definition) is 5. The number of pyridine rings is 1. The molecule has 0 radical (unpaired) electrons. The Morgan fingerprint density at radius 3 is 2.58 bits per heavy atom. The Kier molecular flexibility index (Phi) is 6.57. The van der Waals surface area contributed by atoms with Crippen molar-refractivity contribution in [2.75, 3.05) is 32.7 Å². The van der Waals surface area contributed by atoms with Gasteiger partial charge in [-0.2, -0.15) is 0 Å². The number of nitrogens with two attached hydrogens (primary N) is 1. The van der Waals surface area contributed by atoms with Crippen molar-refractivity contribution in [2.24, 2.45) is 11.7 Å². The van der Waals surface area contributed by atoms with Crippen molar-refractivity contribution >= 4 is 11.8 Å². The highest BCUT2D eigenvalue weighted by atomic mass is 16.2. The van der Waals surface area contributed by atoms with Crippen LogP contribution >= 0.6 is 0 Å². The van der Waals surface area contributed by atoms with Crippen molar-refractivity contribution in [3.8, 4) is 0 Å². The van der Waals surface area contributed by atoms with E-state index in [9.17, 15) is 9.59 Å². The second-order valence-electron chi connectivity index (χ2n) is 7.38. The molecule has 3 N–H and O–H groups in total. The maximum absolute atomic E-state index is 12.2. The van der Waals surface area contributed by atoms with Crippen LogP contribution in [0.15, 0.2) is 24.5 Å².